The van der Waals surface area contributed by atoms with Gasteiger partial charge in [0.15, 0.2) is 17.3 Å². The molecule has 0 saturated carbocycles. The van der Waals surface area contributed by atoms with Gasteiger partial charge in [-0.1, -0.05) is 84.9 Å². The largest absolute Gasteiger partial charge is 0.289 e. The van der Waals surface area contributed by atoms with Crippen molar-refractivity contribution in [3.8, 4) is 11.1 Å². The van der Waals surface area contributed by atoms with E-state index >= 15 is 0 Å². The van der Waals surface area contributed by atoms with Crippen molar-refractivity contribution in [3.63, 3.8) is 0 Å². The molecule has 3 heteroatoms. The molecule has 2 aliphatic rings. The molecule has 6 rings (SSSR count). The van der Waals surface area contributed by atoms with Crippen LogP contribution in [0.4, 0.5) is 0 Å². The average molecular weight is 400 g/mol. The number of ketones is 3. The molecule has 0 atom stereocenters. The van der Waals surface area contributed by atoms with Gasteiger partial charge in [0.25, 0.3) is 0 Å². The van der Waals surface area contributed by atoms with Crippen molar-refractivity contribution >= 4 is 17.3 Å². The van der Waals surface area contributed by atoms with Crippen molar-refractivity contribution in [1.82, 2.24) is 0 Å². The highest BCUT2D eigenvalue weighted by atomic mass is 16.1. The molecule has 31 heavy (non-hydrogen) atoms. The van der Waals surface area contributed by atoms with Crippen LogP contribution in [0.25, 0.3) is 11.1 Å². The molecule has 0 amide bonds. The van der Waals surface area contributed by atoms with Gasteiger partial charge in [-0.2, -0.15) is 0 Å². The van der Waals surface area contributed by atoms with Crippen molar-refractivity contribution in [2.75, 3.05) is 0 Å². The van der Waals surface area contributed by atoms with Crippen LogP contribution in [0.5, 0.6) is 0 Å². The van der Waals surface area contributed by atoms with E-state index in [2.05, 4.69) is 0 Å². The Bertz CT molecular complexity index is 1460. The van der Waals surface area contributed by atoms with Crippen molar-refractivity contribution in [2.24, 2.45) is 0 Å². The molecule has 0 heterocycles. The van der Waals surface area contributed by atoms with Gasteiger partial charge in [0.1, 0.15) is 0 Å². The molecule has 4 aromatic rings. The summed E-state index contributed by atoms with van der Waals surface area (Å²) in [5.41, 5.74) is 6.21. The molecule has 0 aromatic heterocycles. The van der Waals surface area contributed by atoms with Crippen LogP contribution in [0.3, 0.4) is 0 Å². The minimum absolute atomic E-state index is 0.0416. The van der Waals surface area contributed by atoms with Crippen molar-refractivity contribution < 1.29 is 14.4 Å². The molecular formula is C28H16O3. The lowest BCUT2D eigenvalue weighted by Gasteiger charge is -2.24. The van der Waals surface area contributed by atoms with Gasteiger partial charge in [0.2, 0.25) is 0 Å². The average Bonchev–Trinajstić information content (AvgIpc) is 2.82. The zero-order chi connectivity index (χ0) is 21.1. The Morgan fingerprint density at radius 1 is 0.387 bits per heavy atom. The molecule has 3 nitrogen and oxygen atoms in total. The lowest BCUT2D eigenvalue weighted by Crippen LogP contribution is -2.22. The molecule has 0 N–H and O–H groups in total. The molecular weight excluding hydrogens is 384 g/mol. The number of benzene rings is 4. The summed E-state index contributed by atoms with van der Waals surface area (Å²) in [5.74, 6) is -0.379. The van der Waals surface area contributed by atoms with E-state index < -0.39 is 0 Å². The smallest absolute Gasteiger partial charge is 0.195 e. The summed E-state index contributed by atoms with van der Waals surface area (Å²) < 4.78 is 0. The number of hydrogen-bond acceptors (Lipinski definition) is 3. The maximum absolute atomic E-state index is 13.5. The van der Waals surface area contributed by atoms with E-state index in [9.17, 15) is 14.4 Å². The van der Waals surface area contributed by atoms with Gasteiger partial charge in [-0.15, -0.1) is 0 Å². The molecule has 0 fully saturated rings. The van der Waals surface area contributed by atoms with Gasteiger partial charge >= 0.3 is 0 Å². The van der Waals surface area contributed by atoms with Crippen LogP contribution in [0.15, 0.2) is 84.9 Å². The summed E-state index contributed by atoms with van der Waals surface area (Å²) in [5, 5.41) is 0. The first kappa shape index (κ1) is 17.7. The topological polar surface area (TPSA) is 51.2 Å². The lowest BCUT2D eigenvalue weighted by atomic mass is 9.77. The summed E-state index contributed by atoms with van der Waals surface area (Å²) in [6.45, 7) is 0. The third kappa shape index (κ3) is 2.44. The van der Waals surface area contributed by atoms with Gasteiger partial charge in [-0.05, 0) is 28.7 Å². The van der Waals surface area contributed by atoms with Crippen LogP contribution in [0, 0.1) is 0 Å². The van der Waals surface area contributed by atoms with Crippen LogP contribution in [-0.2, 0) is 6.42 Å². The Morgan fingerprint density at radius 2 is 0.871 bits per heavy atom. The Hall–Kier alpha value is -4.11. The van der Waals surface area contributed by atoms with Crippen molar-refractivity contribution in [3.05, 3.63) is 129 Å². The number of carbonyl (C=O) groups is 3. The molecule has 0 aliphatic heterocycles. The second-order valence-corrected chi connectivity index (χ2v) is 7.93. The monoisotopic (exact) mass is 400 g/mol. The van der Waals surface area contributed by atoms with Crippen LogP contribution in [0.1, 0.15) is 58.9 Å². The van der Waals surface area contributed by atoms with E-state index in [4.69, 9.17) is 0 Å². The first-order chi connectivity index (χ1) is 15.1. The molecule has 0 unspecified atom stereocenters. The number of hydrogen-bond donors (Lipinski definition) is 0. The molecule has 0 saturated heterocycles. The van der Waals surface area contributed by atoms with Gasteiger partial charge in [0.05, 0.1) is 0 Å². The fraction of sp³-hybridized carbons (Fsp3) is 0.0357. The van der Waals surface area contributed by atoms with Crippen molar-refractivity contribution in [1.29, 1.82) is 0 Å². The standard InChI is InChI=1S/C28H16O3/c29-26-21-10-3-4-11-22(21)28(31)25-20(13-6-14-23(25)26)19-12-5-8-17-15-16-7-1-2-9-18(16)27(30)24(17)19/h1-14H,15H2. The SMILES string of the molecule is O=C1c2ccccc2C(=O)c2c1cccc2-c1cccc2c1C(=O)c1ccccc1C2. The first-order valence-electron chi connectivity index (χ1n) is 10.2. The summed E-state index contributed by atoms with van der Waals surface area (Å²) in [6.07, 6.45) is 0.663. The van der Waals surface area contributed by atoms with Crippen molar-refractivity contribution in [2.45, 2.75) is 6.42 Å². The predicted octanol–water partition coefficient (Wildman–Crippen LogP) is 5.26. The highest BCUT2D eigenvalue weighted by Gasteiger charge is 2.33. The van der Waals surface area contributed by atoms with E-state index in [1.165, 1.54) is 0 Å². The quantitative estimate of drug-likeness (QED) is 0.378. The molecule has 4 aromatic carbocycles. The number of rotatable bonds is 1. The Morgan fingerprint density at radius 3 is 1.65 bits per heavy atom. The van der Waals surface area contributed by atoms with E-state index in [-0.39, 0.29) is 17.3 Å². The Balaban J connectivity index is 1.61. The molecule has 146 valence electrons. The van der Waals surface area contributed by atoms with Gasteiger partial charge in [0, 0.05) is 33.4 Å². The predicted molar refractivity (Wildman–Crippen MR) is 118 cm³/mol. The normalized spacial score (nSPS) is 13.9. The maximum atomic E-state index is 13.5. The highest BCUT2D eigenvalue weighted by molar-refractivity contribution is 6.30. The summed E-state index contributed by atoms with van der Waals surface area (Å²) in [6, 6.07) is 25.6. The maximum Gasteiger partial charge on any atom is 0.195 e. The Labute approximate surface area is 179 Å². The fourth-order valence-corrected chi connectivity index (χ4v) is 4.85. The lowest BCUT2D eigenvalue weighted by molar-refractivity contribution is 0.0979. The first-order valence-corrected chi connectivity index (χ1v) is 10.2. The van der Waals surface area contributed by atoms with Gasteiger partial charge < -0.3 is 0 Å². The highest BCUT2D eigenvalue weighted by Crippen LogP contribution is 2.39. The van der Waals surface area contributed by atoms with Crippen LogP contribution >= 0.6 is 0 Å². The second-order valence-electron chi connectivity index (χ2n) is 7.93. The van der Waals surface area contributed by atoms with Crippen LogP contribution in [-0.4, -0.2) is 17.3 Å². The number of carbonyl (C=O) groups excluding carboxylic acids is 3. The van der Waals surface area contributed by atoms with Gasteiger partial charge in [-0.25, -0.2) is 0 Å². The molecule has 0 bridgehead atoms. The van der Waals surface area contributed by atoms with E-state index in [0.29, 0.717) is 50.9 Å². The summed E-state index contributed by atoms with van der Waals surface area (Å²) in [4.78, 5) is 40.1. The molecule has 2 aliphatic carbocycles. The zero-order valence-electron chi connectivity index (χ0n) is 16.5. The minimum atomic E-state index is -0.179. The molecule has 0 radical (unpaired) electrons. The third-order valence-electron chi connectivity index (χ3n) is 6.26. The van der Waals surface area contributed by atoms with Gasteiger partial charge in [-0.3, -0.25) is 14.4 Å². The van der Waals surface area contributed by atoms with Crippen LogP contribution < -0.4 is 0 Å². The fourth-order valence-electron chi connectivity index (χ4n) is 4.85. The van der Waals surface area contributed by atoms with E-state index in [1.807, 2.05) is 48.5 Å². The molecule has 0 spiro atoms. The van der Waals surface area contributed by atoms with E-state index in [0.717, 1.165) is 11.1 Å². The number of fused-ring (bicyclic) bond motifs is 4. The van der Waals surface area contributed by atoms with Crippen LogP contribution in [0.2, 0.25) is 0 Å². The third-order valence-corrected chi connectivity index (χ3v) is 6.26. The Kier molecular flexibility index (Phi) is 3.68. The van der Waals surface area contributed by atoms with E-state index in [1.54, 1.807) is 36.4 Å². The zero-order valence-corrected chi connectivity index (χ0v) is 16.5. The summed E-state index contributed by atoms with van der Waals surface area (Å²) in [7, 11) is 0. The second kappa shape index (κ2) is 6.44. The minimum Gasteiger partial charge on any atom is -0.289 e. The summed E-state index contributed by atoms with van der Waals surface area (Å²) >= 11 is 0.